The van der Waals surface area contributed by atoms with Crippen molar-refractivity contribution in [2.24, 2.45) is 0 Å². The lowest BCUT2D eigenvalue weighted by molar-refractivity contribution is -0.116. The molecule has 4 rings (SSSR count). The second kappa shape index (κ2) is 9.90. The van der Waals surface area contributed by atoms with Gasteiger partial charge in [-0.05, 0) is 43.2 Å². The van der Waals surface area contributed by atoms with Gasteiger partial charge in [-0.15, -0.1) is 11.3 Å². The van der Waals surface area contributed by atoms with Gasteiger partial charge >= 0.3 is 5.97 Å². The molecule has 35 heavy (non-hydrogen) atoms. The first-order valence-electron chi connectivity index (χ1n) is 10.6. The van der Waals surface area contributed by atoms with Crippen molar-refractivity contribution in [3.8, 4) is 0 Å². The Kier molecular flexibility index (Phi) is 6.74. The molecule has 4 aromatic rings. The van der Waals surface area contributed by atoms with Crippen molar-refractivity contribution in [3.63, 3.8) is 0 Å². The van der Waals surface area contributed by atoms with Gasteiger partial charge in [-0.25, -0.2) is 9.78 Å². The fraction of sp³-hybridized carbons (Fsp3) is 0.160. The van der Waals surface area contributed by atoms with E-state index >= 15 is 0 Å². The Hall–Kier alpha value is -4.31. The van der Waals surface area contributed by atoms with Gasteiger partial charge in [0.25, 0.3) is 11.5 Å². The monoisotopic (exact) mass is 490 g/mol. The van der Waals surface area contributed by atoms with Crippen LogP contribution in [0.4, 0.5) is 11.4 Å². The summed E-state index contributed by atoms with van der Waals surface area (Å²) in [5, 5.41) is 5.79. The Bertz CT molecular complexity index is 1520. The van der Waals surface area contributed by atoms with Gasteiger partial charge in [-0.1, -0.05) is 30.3 Å². The number of anilines is 2. The molecule has 0 aliphatic carbocycles. The predicted octanol–water partition coefficient (Wildman–Crippen LogP) is 3.75. The topological polar surface area (TPSA) is 119 Å². The zero-order chi connectivity index (χ0) is 25.1. The van der Waals surface area contributed by atoms with E-state index in [1.807, 2.05) is 25.1 Å². The van der Waals surface area contributed by atoms with E-state index in [0.29, 0.717) is 21.0 Å². The van der Waals surface area contributed by atoms with Gasteiger partial charge in [0, 0.05) is 5.69 Å². The third kappa shape index (κ3) is 4.82. The summed E-state index contributed by atoms with van der Waals surface area (Å²) in [6.45, 7) is 3.26. The normalized spacial score (nSPS) is 10.7. The maximum absolute atomic E-state index is 13.2. The van der Waals surface area contributed by atoms with Gasteiger partial charge in [0.1, 0.15) is 11.4 Å². The van der Waals surface area contributed by atoms with Gasteiger partial charge in [-0.2, -0.15) is 0 Å². The summed E-state index contributed by atoms with van der Waals surface area (Å²) >= 11 is 1.12. The highest BCUT2D eigenvalue weighted by molar-refractivity contribution is 7.20. The number of carbonyl (C=O) groups is 3. The number of hydrogen-bond acceptors (Lipinski definition) is 7. The minimum Gasteiger partial charge on any atom is -0.465 e. The number of esters is 1. The van der Waals surface area contributed by atoms with Crippen LogP contribution in [0.3, 0.4) is 0 Å². The van der Waals surface area contributed by atoms with E-state index in [2.05, 4.69) is 15.6 Å². The smallest absolute Gasteiger partial charge is 0.339 e. The minimum absolute atomic E-state index is 0.197. The number of aryl methyl sites for hydroxylation is 2. The van der Waals surface area contributed by atoms with Gasteiger partial charge in [0.15, 0.2) is 0 Å². The van der Waals surface area contributed by atoms with Gasteiger partial charge in [0.05, 0.1) is 35.0 Å². The molecule has 2 aromatic heterocycles. The average Bonchev–Trinajstić information content (AvgIpc) is 3.19. The first kappa shape index (κ1) is 23.8. The van der Waals surface area contributed by atoms with Crippen molar-refractivity contribution in [1.82, 2.24) is 9.55 Å². The van der Waals surface area contributed by atoms with E-state index in [1.165, 1.54) is 24.1 Å². The van der Waals surface area contributed by atoms with Crippen LogP contribution < -0.4 is 16.2 Å². The molecular weight excluding hydrogens is 468 g/mol. The van der Waals surface area contributed by atoms with Crippen LogP contribution in [0.2, 0.25) is 0 Å². The highest BCUT2D eigenvalue weighted by atomic mass is 32.1. The van der Waals surface area contributed by atoms with Crippen LogP contribution in [0.15, 0.2) is 59.7 Å². The van der Waals surface area contributed by atoms with Gasteiger partial charge < -0.3 is 15.4 Å². The van der Waals surface area contributed by atoms with Crippen molar-refractivity contribution in [2.45, 2.75) is 20.4 Å². The standard InChI is InChI=1S/C25H22N4O5S/c1-14-8-4-6-10-17(14)28-22(31)21-15(2)20-23(35-21)26-13-29(24(20)32)12-19(30)27-18-11-7-5-9-16(18)25(33)34-3/h4-11,13H,12H2,1-3H3,(H,27,30)(H,28,31). The SMILES string of the molecule is COC(=O)c1ccccc1NC(=O)Cn1cnc2sc(C(=O)Nc3ccccc3C)c(C)c2c1=O. The summed E-state index contributed by atoms with van der Waals surface area (Å²) in [6, 6.07) is 13.8. The van der Waals surface area contributed by atoms with Crippen molar-refractivity contribution in [3.05, 3.63) is 86.8 Å². The van der Waals surface area contributed by atoms with Crippen molar-refractivity contribution < 1.29 is 19.1 Å². The molecule has 2 heterocycles. The fourth-order valence-electron chi connectivity index (χ4n) is 3.61. The Balaban J connectivity index is 1.59. The molecule has 178 valence electrons. The molecule has 9 nitrogen and oxygen atoms in total. The number of ether oxygens (including phenoxy) is 1. The molecule has 10 heteroatoms. The molecule has 0 aliphatic heterocycles. The average molecular weight is 491 g/mol. The van der Waals surface area contributed by atoms with Crippen LogP contribution in [0.1, 0.15) is 31.2 Å². The maximum atomic E-state index is 13.2. The summed E-state index contributed by atoms with van der Waals surface area (Å²) in [5.41, 5.74) is 2.13. The number of nitrogens with zero attached hydrogens (tertiary/aromatic N) is 2. The minimum atomic E-state index is -0.591. The van der Waals surface area contributed by atoms with Crippen LogP contribution in [0, 0.1) is 13.8 Å². The van der Waals surface area contributed by atoms with Crippen LogP contribution in [0.5, 0.6) is 0 Å². The van der Waals surface area contributed by atoms with E-state index in [9.17, 15) is 19.2 Å². The Morgan fingerprint density at radius 3 is 2.40 bits per heavy atom. The quantitative estimate of drug-likeness (QED) is 0.397. The number of para-hydroxylation sites is 2. The molecule has 0 saturated carbocycles. The maximum Gasteiger partial charge on any atom is 0.339 e. The van der Waals surface area contributed by atoms with Crippen molar-refractivity contribution in [2.75, 3.05) is 17.7 Å². The number of fused-ring (bicyclic) bond motifs is 1. The van der Waals surface area contributed by atoms with E-state index in [1.54, 1.807) is 31.2 Å². The molecule has 2 aromatic carbocycles. The molecule has 2 amide bonds. The molecule has 0 aliphatic rings. The molecule has 0 unspecified atom stereocenters. The summed E-state index contributed by atoms with van der Waals surface area (Å²) in [4.78, 5) is 55.7. The van der Waals surface area contributed by atoms with Crippen molar-refractivity contribution in [1.29, 1.82) is 0 Å². The zero-order valence-electron chi connectivity index (χ0n) is 19.2. The highest BCUT2D eigenvalue weighted by Crippen LogP contribution is 2.28. The lowest BCUT2D eigenvalue weighted by Gasteiger charge is -2.10. The fourth-order valence-corrected chi connectivity index (χ4v) is 4.64. The number of amides is 2. The molecule has 0 spiro atoms. The van der Waals surface area contributed by atoms with Crippen LogP contribution in [-0.2, 0) is 16.1 Å². The number of methoxy groups -OCH3 is 1. The number of aromatic nitrogens is 2. The summed E-state index contributed by atoms with van der Waals surface area (Å²) in [7, 11) is 1.25. The Labute approximate surface area is 204 Å². The Morgan fingerprint density at radius 2 is 1.69 bits per heavy atom. The van der Waals surface area contributed by atoms with Crippen LogP contribution in [-0.4, -0.2) is 34.4 Å². The molecule has 2 N–H and O–H groups in total. The molecule has 0 atom stereocenters. The molecular formula is C25H22N4O5S. The molecule has 0 saturated heterocycles. The largest absolute Gasteiger partial charge is 0.465 e. The lowest BCUT2D eigenvalue weighted by atomic mass is 10.1. The predicted molar refractivity (Wildman–Crippen MR) is 134 cm³/mol. The molecule has 0 bridgehead atoms. The van der Waals surface area contributed by atoms with Gasteiger partial charge in [-0.3, -0.25) is 19.0 Å². The zero-order valence-corrected chi connectivity index (χ0v) is 20.1. The molecule has 0 radical (unpaired) electrons. The Morgan fingerprint density at radius 1 is 1.00 bits per heavy atom. The molecule has 0 fully saturated rings. The van der Waals surface area contributed by atoms with Crippen LogP contribution >= 0.6 is 11.3 Å². The third-order valence-corrected chi connectivity index (χ3v) is 6.64. The van der Waals surface area contributed by atoms with Crippen molar-refractivity contribution >= 4 is 50.7 Å². The lowest BCUT2D eigenvalue weighted by Crippen LogP contribution is -2.28. The number of hydrogen-bond donors (Lipinski definition) is 2. The number of nitrogens with one attached hydrogen (secondary N) is 2. The number of carbonyl (C=O) groups excluding carboxylic acids is 3. The van der Waals surface area contributed by atoms with E-state index < -0.39 is 17.4 Å². The van der Waals surface area contributed by atoms with Gasteiger partial charge in [0.2, 0.25) is 5.91 Å². The highest BCUT2D eigenvalue weighted by Gasteiger charge is 2.21. The number of benzene rings is 2. The number of thiophene rings is 1. The number of rotatable bonds is 6. The first-order chi connectivity index (χ1) is 16.8. The summed E-state index contributed by atoms with van der Waals surface area (Å²) in [6.07, 6.45) is 1.27. The van der Waals surface area contributed by atoms with Crippen LogP contribution in [0.25, 0.3) is 10.2 Å². The summed E-state index contributed by atoms with van der Waals surface area (Å²) < 4.78 is 5.90. The van der Waals surface area contributed by atoms with E-state index in [4.69, 9.17) is 4.74 Å². The van der Waals surface area contributed by atoms with E-state index in [0.717, 1.165) is 16.9 Å². The third-order valence-electron chi connectivity index (χ3n) is 5.44. The second-order valence-electron chi connectivity index (χ2n) is 7.77. The summed E-state index contributed by atoms with van der Waals surface area (Å²) in [5.74, 6) is -1.44. The first-order valence-corrected chi connectivity index (χ1v) is 11.4. The van der Waals surface area contributed by atoms with E-state index in [-0.39, 0.29) is 29.1 Å². The second-order valence-corrected chi connectivity index (χ2v) is 8.77.